The number of hydrogen-bond donors (Lipinski definition) is 1. The average molecular weight is 224 g/mol. The number of allylic oxidation sites excluding steroid dienone is 3. The maximum atomic E-state index is 10.0. The van der Waals surface area contributed by atoms with Gasteiger partial charge in [-0.05, 0) is 32.6 Å². The Balaban J connectivity index is 4.08. The first-order chi connectivity index (χ1) is 7.51. The highest BCUT2D eigenvalue weighted by atomic mass is 16.3. The molecule has 3 atom stereocenters. The number of hydrogen-bond acceptors (Lipinski definition) is 1. The zero-order valence-corrected chi connectivity index (χ0v) is 11.5. The van der Waals surface area contributed by atoms with Gasteiger partial charge in [0, 0.05) is 5.92 Å². The number of aliphatic hydroxyl groups is 1. The molecule has 0 aromatic rings. The Morgan fingerprint density at radius 2 is 1.88 bits per heavy atom. The fraction of sp³-hybridized carbons (Fsp3) is 0.733. The average Bonchev–Trinajstić information content (AvgIpc) is 2.25. The van der Waals surface area contributed by atoms with Crippen molar-refractivity contribution >= 4 is 0 Å². The largest absolute Gasteiger partial charge is 0.393 e. The van der Waals surface area contributed by atoms with Crippen molar-refractivity contribution < 1.29 is 5.11 Å². The van der Waals surface area contributed by atoms with Crippen LogP contribution in [-0.2, 0) is 0 Å². The van der Waals surface area contributed by atoms with Gasteiger partial charge in [-0.15, -0.1) is 0 Å². The first kappa shape index (κ1) is 15.4. The molecule has 94 valence electrons. The Hall–Kier alpha value is -0.560. The second kappa shape index (κ2) is 8.58. The second-order valence-electron chi connectivity index (χ2n) is 4.93. The van der Waals surface area contributed by atoms with E-state index in [-0.39, 0.29) is 12.0 Å². The van der Waals surface area contributed by atoms with Crippen molar-refractivity contribution in [2.75, 3.05) is 0 Å². The van der Waals surface area contributed by atoms with E-state index >= 15 is 0 Å². The van der Waals surface area contributed by atoms with E-state index in [0.717, 1.165) is 18.8 Å². The van der Waals surface area contributed by atoms with Crippen LogP contribution in [0, 0.1) is 11.8 Å². The molecule has 0 radical (unpaired) electrons. The second-order valence-corrected chi connectivity index (χ2v) is 4.93. The molecule has 0 bridgehead atoms. The van der Waals surface area contributed by atoms with E-state index in [2.05, 4.69) is 39.8 Å². The Labute approximate surface area is 101 Å². The molecule has 1 nitrogen and oxygen atoms in total. The minimum absolute atomic E-state index is 0.200. The highest BCUT2D eigenvalue weighted by Gasteiger charge is 2.12. The first-order valence-corrected chi connectivity index (χ1v) is 6.50. The van der Waals surface area contributed by atoms with Gasteiger partial charge in [0.15, 0.2) is 0 Å². The fourth-order valence-electron chi connectivity index (χ4n) is 1.77. The molecule has 0 saturated heterocycles. The summed E-state index contributed by atoms with van der Waals surface area (Å²) in [4.78, 5) is 0. The zero-order chi connectivity index (χ0) is 12.6. The summed E-state index contributed by atoms with van der Waals surface area (Å²) in [5, 5.41) is 10.0. The lowest BCUT2D eigenvalue weighted by atomic mass is 9.93. The third-order valence-corrected chi connectivity index (χ3v) is 3.21. The van der Waals surface area contributed by atoms with Crippen molar-refractivity contribution in [1.29, 1.82) is 0 Å². The Morgan fingerprint density at radius 1 is 1.25 bits per heavy atom. The van der Waals surface area contributed by atoms with Crippen LogP contribution < -0.4 is 0 Å². The van der Waals surface area contributed by atoms with Crippen LogP contribution in [0.4, 0.5) is 0 Å². The molecule has 0 aliphatic heterocycles. The molecule has 0 rings (SSSR count). The summed E-state index contributed by atoms with van der Waals surface area (Å²) in [5.41, 5.74) is 1.23. The third-order valence-electron chi connectivity index (χ3n) is 3.21. The highest BCUT2D eigenvalue weighted by molar-refractivity contribution is 5.16. The lowest BCUT2D eigenvalue weighted by Gasteiger charge is -2.18. The standard InChI is InChI=1S/C15H28O/c1-6-8-13(4)11-14(5)15(16)10-9-12(3)7-2/h6,8,11-12,14-16H,7,9-10H2,1-5H3/t12-,14+,15+/m0/s1. The molecule has 1 heteroatoms. The first-order valence-electron chi connectivity index (χ1n) is 6.50. The van der Waals surface area contributed by atoms with Crippen molar-refractivity contribution in [2.45, 2.75) is 60.0 Å². The van der Waals surface area contributed by atoms with E-state index in [1.165, 1.54) is 12.0 Å². The van der Waals surface area contributed by atoms with Gasteiger partial charge in [0.05, 0.1) is 6.10 Å². The van der Waals surface area contributed by atoms with E-state index in [1.54, 1.807) is 0 Å². The van der Waals surface area contributed by atoms with Gasteiger partial charge >= 0.3 is 0 Å². The predicted octanol–water partition coefficient (Wildman–Crippen LogP) is 4.33. The van der Waals surface area contributed by atoms with Crippen molar-refractivity contribution in [2.24, 2.45) is 11.8 Å². The van der Waals surface area contributed by atoms with E-state index in [9.17, 15) is 5.11 Å². The molecule has 16 heavy (non-hydrogen) atoms. The number of aliphatic hydroxyl groups excluding tert-OH is 1. The van der Waals surface area contributed by atoms with Crippen LogP contribution in [0.3, 0.4) is 0 Å². The van der Waals surface area contributed by atoms with Crippen LogP contribution in [0.15, 0.2) is 23.8 Å². The molecular formula is C15H28O. The molecule has 0 aromatic heterocycles. The lowest BCUT2D eigenvalue weighted by Crippen LogP contribution is -2.17. The summed E-state index contributed by atoms with van der Waals surface area (Å²) >= 11 is 0. The molecule has 0 spiro atoms. The van der Waals surface area contributed by atoms with Gasteiger partial charge in [-0.2, -0.15) is 0 Å². The quantitative estimate of drug-likeness (QED) is 0.638. The molecule has 0 aromatic carbocycles. The summed E-state index contributed by atoms with van der Waals surface area (Å²) in [6.45, 7) is 10.6. The maximum absolute atomic E-state index is 10.0. The molecule has 0 aliphatic carbocycles. The van der Waals surface area contributed by atoms with Gasteiger partial charge in [-0.25, -0.2) is 0 Å². The van der Waals surface area contributed by atoms with E-state index in [4.69, 9.17) is 0 Å². The van der Waals surface area contributed by atoms with Crippen LogP contribution in [0.25, 0.3) is 0 Å². The van der Waals surface area contributed by atoms with E-state index in [0.29, 0.717) is 0 Å². The maximum Gasteiger partial charge on any atom is 0.0600 e. The van der Waals surface area contributed by atoms with Crippen LogP contribution in [0.5, 0.6) is 0 Å². The Bertz CT molecular complexity index is 228. The van der Waals surface area contributed by atoms with Crippen LogP contribution in [0.1, 0.15) is 53.9 Å². The summed E-state index contributed by atoms with van der Waals surface area (Å²) < 4.78 is 0. The summed E-state index contributed by atoms with van der Waals surface area (Å²) in [6.07, 6.45) is 9.31. The van der Waals surface area contributed by atoms with Gasteiger partial charge in [0.1, 0.15) is 0 Å². The van der Waals surface area contributed by atoms with Gasteiger partial charge in [0.2, 0.25) is 0 Å². The summed E-state index contributed by atoms with van der Waals surface area (Å²) in [6, 6.07) is 0. The van der Waals surface area contributed by atoms with Gasteiger partial charge < -0.3 is 5.11 Å². The molecule has 0 fully saturated rings. The monoisotopic (exact) mass is 224 g/mol. The fourth-order valence-corrected chi connectivity index (χ4v) is 1.77. The minimum Gasteiger partial charge on any atom is -0.393 e. The van der Waals surface area contributed by atoms with Crippen LogP contribution in [0.2, 0.25) is 0 Å². The molecule has 0 aliphatic rings. The molecule has 0 saturated carbocycles. The Morgan fingerprint density at radius 3 is 2.38 bits per heavy atom. The highest BCUT2D eigenvalue weighted by Crippen LogP contribution is 2.17. The predicted molar refractivity (Wildman–Crippen MR) is 72.4 cm³/mol. The third kappa shape index (κ3) is 6.84. The SMILES string of the molecule is CC=CC(C)=C[C@@H](C)[C@H](O)CC[C@@H](C)CC. The zero-order valence-electron chi connectivity index (χ0n) is 11.5. The van der Waals surface area contributed by atoms with Crippen molar-refractivity contribution in [1.82, 2.24) is 0 Å². The molecular weight excluding hydrogens is 196 g/mol. The molecule has 0 heterocycles. The van der Waals surface area contributed by atoms with Crippen LogP contribution >= 0.6 is 0 Å². The number of rotatable bonds is 7. The van der Waals surface area contributed by atoms with Crippen molar-refractivity contribution in [3.05, 3.63) is 23.8 Å². The van der Waals surface area contributed by atoms with Gasteiger partial charge in [0.25, 0.3) is 0 Å². The molecule has 1 N–H and O–H groups in total. The lowest BCUT2D eigenvalue weighted by molar-refractivity contribution is 0.120. The van der Waals surface area contributed by atoms with E-state index in [1.807, 2.05) is 13.0 Å². The van der Waals surface area contributed by atoms with Crippen molar-refractivity contribution in [3.63, 3.8) is 0 Å². The minimum atomic E-state index is -0.200. The summed E-state index contributed by atoms with van der Waals surface area (Å²) in [7, 11) is 0. The van der Waals surface area contributed by atoms with Gasteiger partial charge in [-0.3, -0.25) is 0 Å². The van der Waals surface area contributed by atoms with Crippen molar-refractivity contribution in [3.8, 4) is 0 Å². The summed E-state index contributed by atoms with van der Waals surface area (Å²) in [5.74, 6) is 0.975. The Kier molecular flexibility index (Phi) is 8.28. The van der Waals surface area contributed by atoms with Gasteiger partial charge in [-0.1, -0.05) is 51.0 Å². The topological polar surface area (TPSA) is 20.2 Å². The molecule has 0 unspecified atom stereocenters. The van der Waals surface area contributed by atoms with E-state index < -0.39 is 0 Å². The molecule has 0 amide bonds. The smallest absolute Gasteiger partial charge is 0.0600 e. The normalized spacial score (nSPS) is 18.8. The van der Waals surface area contributed by atoms with Crippen LogP contribution in [-0.4, -0.2) is 11.2 Å².